The van der Waals surface area contributed by atoms with Crippen LogP contribution in [0.5, 0.6) is 0 Å². The summed E-state index contributed by atoms with van der Waals surface area (Å²) in [6.07, 6.45) is 2.74. The van der Waals surface area contributed by atoms with Gasteiger partial charge in [-0.15, -0.1) is 0 Å². The molecule has 2 atom stereocenters. The second kappa shape index (κ2) is 5.94. The number of fused-ring (bicyclic) bond motifs is 1. The molecule has 3 rings (SSSR count). The van der Waals surface area contributed by atoms with Crippen LogP contribution in [0, 0.1) is 17.6 Å². The third-order valence-corrected chi connectivity index (χ3v) is 4.38. The van der Waals surface area contributed by atoms with Crippen LogP contribution in [0.4, 0.5) is 8.78 Å². The van der Waals surface area contributed by atoms with E-state index >= 15 is 0 Å². The van der Waals surface area contributed by atoms with E-state index in [1.165, 1.54) is 23.3 Å². The Kier molecular flexibility index (Phi) is 4.02. The summed E-state index contributed by atoms with van der Waals surface area (Å²) in [7, 11) is 1.95. The van der Waals surface area contributed by atoms with Gasteiger partial charge in [-0.2, -0.15) is 0 Å². The van der Waals surface area contributed by atoms with Crippen LogP contribution in [-0.4, -0.2) is 7.05 Å². The monoisotopic (exact) mass is 287 g/mol. The second-order valence-electron chi connectivity index (χ2n) is 5.75. The molecule has 0 heterocycles. The van der Waals surface area contributed by atoms with Gasteiger partial charge in [0, 0.05) is 12.1 Å². The maximum atomic E-state index is 13.3. The minimum Gasteiger partial charge on any atom is -0.313 e. The van der Waals surface area contributed by atoms with Gasteiger partial charge in [-0.3, -0.25) is 0 Å². The van der Waals surface area contributed by atoms with Crippen LogP contribution in [0.3, 0.4) is 0 Å². The Morgan fingerprint density at radius 2 is 1.81 bits per heavy atom. The van der Waals surface area contributed by atoms with E-state index in [2.05, 4.69) is 23.5 Å². The Bertz CT molecular complexity index is 619. The van der Waals surface area contributed by atoms with E-state index in [1.807, 2.05) is 13.1 Å². The van der Waals surface area contributed by atoms with Crippen molar-refractivity contribution in [1.29, 1.82) is 0 Å². The van der Waals surface area contributed by atoms with E-state index in [-0.39, 0.29) is 6.04 Å². The van der Waals surface area contributed by atoms with Crippen LogP contribution >= 0.6 is 0 Å². The first kappa shape index (κ1) is 14.2. The van der Waals surface area contributed by atoms with Gasteiger partial charge in [0.15, 0.2) is 0 Å². The van der Waals surface area contributed by atoms with Crippen molar-refractivity contribution in [3.05, 3.63) is 70.8 Å². The van der Waals surface area contributed by atoms with Gasteiger partial charge in [-0.25, -0.2) is 8.78 Å². The molecule has 2 aromatic carbocycles. The number of nitrogens with one attached hydrogen (secondary N) is 1. The molecule has 3 heteroatoms. The molecular formula is C18H19F2N. The summed E-state index contributed by atoms with van der Waals surface area (Å²) in [5.41, 5.74) is 3.42. The molecule has 110 valence electrons. The Balaban J connectivity index is 1.86. The zero-order valence-electron chi connectivity index (χ0n) is 12.1. The highest BCUT2D eigenvalue weighted by Crippen LogP contribution is 2.36. The largest absolute Gasteiger partial charge is 0.313 e. The van der Waals surface area contributed by atoms with Crippen LogP contribution in [0.2, 0.25) is 0 Å². The standard InChI is InChI=1S/C18H19F2N/c1-21-18-14(7-6-13-4-2-3-5-17(13)18)8-12-9-15(19)11-16(20)10-12/h2-5,9-11,14,18,21H,6-8H2,1H3. The predicted octanol–water partition coefficient (Wildman–Crippen LogP) is 4.03. The summed E-state index contributed by atoms with van der Waals surface area (Å²) in [5, 5.41) is 3.37. The molecule has 0 spiro atoms. The van der Waals surface area contributed by atoms with E-state index in [1.54, 1.807) is 0 Å². The van der Waals surface area contributed by atoms with E-state index in [4.69, 9.17) is 0 Å². The highest BCUT2D eigenvalue weighted by Gasteiger charge is 2.28. The quantitative estimate of drug-likeness (QED) is 0.898. The van der Waals surface area contributed by atoms with Gasteiger partial charge in [0.1, 0.15) is 11.6 Å². The maximum Gasteiger partial charge on any atom is 0.126 e. The lowest BCUT2D eigenvalue weighted by molar-refractivity contribution is 0.334. The fourth-order valence-electron chi connectivity index (χ4n) is 3.47. The molecule has 0 saturated carbocycles. The van der Waals surface area contributed by atoms with Gasteiger partial charge in [0.05, 0.1) is 0 Å². The minimum absolute atomic E-state index is 0.237. The average molecular weight is 287 g/mol. The van der Waals surface area contributed by atoms with E-state index in [0.717, 1.165) is 24.5 Å². The van der Waals surface area contributed by atoms with Crippen LogP contribution < -0.4 is 5.32 Å². The first-order chi connectivity index (χ1) is 10.2. The van der Waals surface area contributed by atoms with Gasteiger partial charge in [0.25, 0.3) is 0 Å². The van der Waals surface area contributed by atoms with Crippen molar-refractivity contribution in [2.75, 3.05) is 7.05 Å². The molecule has 1 aliphatic rings. The molecule has 21 heavy (non-hydrogen) atoms. The Labute approximate surface area is 124 Å². The lowest BCUT2D eigenvalue weighted by atomic mass is 9.77. The van der Waals surface area contributed by atoms with E-state index < -0.39 is 11.6 Å². The van der Waals surface area contributed by atoms with Gasteiger partial charge >= 0.3 is 0 Å². The van der Waals surface area contributed by atoms with Gasteiger partial charge < -0.3 is 5.32 Å². The lowest BCUT2D eigenvalue weighted by Crippen LogP contribution is -2.31. The number of rotatable bonds is 3. The van der Waals surface area contributed by atoms with Crippen LogP contribution in [0.25, 0.3) is 0 Å². The van der Waals surface area contributed by atoms with E-state index in [0.29, 0.717) is 12.3 Å². The Morgan fingerprint density at radius 1 is 1.10 bits per heavy atom. The molecule has 1 aliphatic carbocycles. The summed E-state index contributed by atoms with van der Waals surface area (Å²) in [6.45, 7) is 0. The zero-order chi connectivity index (χ0) is 14.8. The smallest absolute Gasteiger partial charge is 0.126 e. The number of hydrogen-bond acceptors (Lipinski definition) is 1. The molecule has 0 amide bonds. The average Bonchev–Trinajstić information content (AvgIpc) is 2.46. The lowest BCUT2D eigenvalue weighted by Gasteiger charge is -2.33. The van der Waals surface area contributed by atoms with Gasteiger partial charge in [0.2, 0.25) is 0 Å². The Morgan fingerprint density at radius 3 is 2.52 bits per heavy atom. The van der Waals surface area contributed by atoms with Crippen LogP contribution in [-0.2, 0) is 12.8 Å². The SMILES string of the molecule is CNC1c2ccccc2CCC1Cc1cc(F)cc(F)c1. The third kappa shape index (κ3) is 2.98. The van der Waals surface area contributed by atoms with Crippen molar-refractivity contribution in [2.24, 2.45) is 5.92 Å². The summed E-state index contributed by atoms with van der Waals surface area (Å²) in [5.74, 6) is -0.643. The third-order valence-electron chi connectivity index (χ3n) is 4.38. The molecule has 0 fully saturated rings. The maximum absolute atomic E-state index is 13.3. The van der Waals surface area contributed by atoms with Crippen molar-refractivity contribution in [3.8, 4) is 0 Å². The normalized spacial score (nSPS) is 21.1. The Hall–Kier alpha value is -1.74. The van der Waals surface area contributed by atoms with Crippen LogP contribution in [0.1, 0.15) is 29.2 Å². The van der Waals surface area contributed by atoms with Crippen molar-refractivity contribution >= 4 is 0 Å². The molecule has 2 unspecified atom stereocenters. The molecule has 0 saturated heterocycles. The molecule has 0 bridgehead atoms. The highest BCUT2D eigenvalue weighted by atomic mass is 19.1. The molecule has 2 aromatic rings. The first-order valence-electron chi connectivity index (χ1n) is 7.37. The fourth-order valence-corrected chi connectivity index (χ4v) is 3.47. The highest BCUT2D eigenvalue weighted by molar-refractivity contribution is 5.33. The number of benzene rings is 2. The summed E-state index contributed by atoms with van der Waals surface area (Å²) >= 11 is 0. The fraction of sp³-hybridized carbons (Fsp3) is 0.333. The zero-order valence-corrected chi connectivity index (χ0v) is 12.1. The molecule has 0 radical (unpaired) electrons. The molecule has 1 N–H and O–H groups in total. The second-order valence-corrected chi connectivity index (χ2v) is 5.75. The van der Waals surface area contributed by atoms with Crippen molar-refractivity contribution in [3.63, 3.8) is 0 Å². The molecule has 1 nitrogen and oxygen atoms in total. The number of hydrogen-bond donors (Lipinski definition) is 1. The van der Waals surface area contributed by atoms with Crippen LogP contribution in [0.15, 0.2) is 42.5 Å². The molecule has 0 aliphatic heterocycles. The number of halogens is 2. The van der Waals surface area contributed by atoms with Gasteiger partial charge in [-0.05, 0) is 61.1 Å². The van der Waals surface area contributed by atoms with Crippen molar-refractivity contribution in [2.45, 2.75) is 25.3 Å². The topological polar surface area (TPSA) is 12.0 Å². The summed E-state index contributed by atoms with van der Waals surface area (Å²) < 4.78 is 26.7. The first-order valence-corrected chi connectivity index (χ1v) is 7.37. The molecular weight excluding hydrogens is 268 g/mol. The van der Waals surface area contributed by atoms with Crippen molar-refractivity contribution in [1.82, 2.24) is 5.32 Å². The van der Waals surface area contributed by atoms with Gasteiger partial charge in [-0.1, -0.05) is 24.3 Å². The van der Waals surface area contributed by atoms with E-state index in [9.17, 15) is 8.78 Å². The number of aryl methyl sites for hydroxylation is 1. The summed E-state index contributed by atoms with van der Waals surface area (Å²) in [4.78, 5) is 0. The van der Waals surface area contributed by atoms with Crippen molar-refractivity contribution < 1.29 is 8.78 Å². The predicted molar refractivity (Wildman–Crippen MR) is 80.1 cm³/mol. The minimum atomic E-state index is -0.498. The summed E-state index contributed by atoms with van der Waals surface area (Å²) in [6, 6.07) is 12.5. The molecule has 0 aromatic heterocycles.